The largest absolute Gasteiger partial charge is 0.480 e. The zero-order chi connectivity index (χ0) is 19.3. The summed E-state index contributed by atoms with van der Waals surface area (Å²) in [5.41, 5.74) is 6.19. The summed E-state index contributed by atoms with van der Waals surface area (Å²) < 4.78 is 10.6. The van der Waals surface area contributed by atoms with Crippen LogP contribution in [-0.4, -0.2) is 44.8 Å². The van der Waals surface area contributed by atoms with Gasteiger partial charge in [-0.2, -0.15) is 5.10 Å². The number of rotatable bonds is 3. The van der Waals surface area contributed by atoms with E-state index >= 15 is 0 Å². The summed E-state index contributed by atoms with van der Waals surface area (Å²) >= 11 is 0. The first-order valence-electron chi connectivity index (χ1n) is 9.50. The molecule has 8 nitrogen and oxygen atoms in total. The summed E-state index contributed by atoms with van der Waals surface area (Å²) in [6.45, 7) is 2.93. The number of methoxy groups -OCH3 is 1. The lowest BCUT2D eigenvalue weighted by molar-refractivity contribution is 0.0730. The molecule has 4 heterocycles. The molecular formula is C20H21N5O3. The van der Waals surface area contributed by atoms with Crippen molar-refractivity contribution < 1.29 is 14.1 Å². The van der Waals surface area contributed by atoms with Crippen LogP contribution in [0.25, 0.3) is 11.4 Å². The van der Waals surface area contributed by atoms with Crippen LogP contribution in [0, 0.1) is 6.92 Å². The number of nitrogens with zero attached hydrogens (tertiary/aromatic N) is 4. The van der Waals surface area contributed by atoms with Crippen LogP contribution < -0.4 is 4.74 Å². The lowest BCUT2D eigenvalue weighted by atomic mass is 10.0. The van der Waals surface area contributed by atoms with Gasteiger partial charge in [-0.1, -0.05) is 5.16 Å². The van der Waals surface area contributed by atoms with Gasteiger partial charge < -0.3 is 14.2 Å². The highest BCUT2D eigenvalue weighted by molar-refractivity contribution is 5.97. The van der Waals surface area contributed by atoms with Crippen molar-refractivity contribution in [1.29, 1.82) is 0 Å². The fourth-order valence-corrected chi connectivity index (χ4v) is 4.09. The molecule has 3 aromatic rings. The molecule has 0 radical (unpaired) electrons. The highest BCUT2D eigenvalue weighted by atomic mass is 16.5. The molecule has 0 aromatic carbocycles. The zero-order valence-corrected chi connectivity index (χ0v) is 15.9. The number of carbonyl (C=O) groups excluding carboxylic acids is 1. The number of carbonyl (C=O) groups is 1. The topological polar surface area (TPSA) is 97.1 Å². The molecular weight excluding hydrogens is 358 g/mol. The number of aromatic nitrogens is 4. The summed E-state index contributed by atoms with van der Waals surface area (Å²) in [4.78, 5) is 19.7. The summed E-state index contributed by atoms with van der Waals surface area (Å²) in [5.74, 6) is 1.08. The fraction of sp³-hybridized carbons (Fsp3) is 0.400. The molecule has 0 bridgehead atoms. The molecule has 1 N–H and O–H groups in total. The van der Waals surface area contributed by atoms with Gasteiger partial charge in [-0.05, 0) is 37.8 Å². The quantitative estimate of drug-likeness (QED) is 0.751. The standard InChI is InChI=1S/C20H21N5O3/c1-11-8-17(24-28-11)18-14-10-25(7-6-16(14)22-23-18)20(26)13-9-12-4-3-5-15(12)21-19(13)27-2/h8-9H,3-7,10H2,1-2H3,(H,22,23). The monoisotopic (exact) mass is 379 g/mol. The van der Waals surface area contributed by atoms with Crippen LogP contribution in [0.5, 0.6) is 5.88 Å². The van der Waals surface area contributed by atoms with Gasteiger partial charge in [0.25, 0.3) is 5.91 Å². The van der Waals surface area contributed by atoms with E-state index in [2.05, 4.69) is 20.3 Å². The normalized spacial score (nSPS) is 15.4. The molecule has 2 aliphatic rings. The van der Waals surface area contributed by atoms with Gasteiger partial charge in [0.05, 0.1) is 13.7 Å². The van der Waals surface area contributed by atoms with E-state index in [1.165, 1.54) is 0 Å². The number of ether oxygens (including phenoxy) is 1. The van der Waals surface area contributed by atoms with Gasteiger partial charge in [-0.25, -0.2) is 4.98 Å². The van der Waals surface area contributed by atoms with E-state index in [9.17, 15) is 4.79 Å². The van der Waals surface area contributed by atoms with Gasteiger partial charge in [0.1, 0.15) is 22.7 Å². The summed E-state index contributed by atoms with van der Waals surface area (Å²) in [7, 11) is 1.57. The van der Waals surface area contributed by atoms with Gasteiger partial charge in [0.15, 0.2) is 0 Å². The third kappa shape index (κ3) is 2.67. The molecule has 0 saturated carbocycles. The number of fused-ring (bicyclic) bond motifs is 2. The smallest absolute Gasteiger partial charge is 0.259 e. The van der Waals surface area contributed by atoms with Gasteiger partial charge in [0, 0.05) is 36.0 Å². The first-order valence-corrected chi connectivity index (χ1v) is 9.50. The predicted octanol–water partition coefficient (Wildman–Crippen LogP) is 2.46. The van der Waals surface area contributed by atoms with Gasteiger partial charge in [-0.15, -0.1) is 0 Å². The second-order valence-corrected chi connectivity index (χ2v) is 7.33. The number of amides is 1. The molecule has 144 valence electrons. The van der Waals surface area contributed by atoms with Crippen molar-refractivity contribution in [3.63, 3.8) is 0 Å². The Morgan fingerprint density at radius 1 is 1.29 bits per heavy atom. The Morgan fingerprint density at radius 2 is 2.18 bits per heavy atom. The molecule has 1 aliphatic carbocycles. The van der Waals surface area contributed by atoms with E-state index in [1.54, 1.807) is 7.11 Å². The Bertz CT molecular complexity index is 1070. The van der Waals surface area contributed by atoms with E-state index in [-0.39, 0.29) is 5.91 Å². The average Bonchev–Trinajstić information content (AvgIpc) is 3.44. The lowest BCUT2D eigenvalue weighted by Crippen LogP contribution is -2.36. The number of pyridine rings is 1. The number of nitrogens with one attached hydrogen (secondary N) is 1. The highest BCUT2D eigenvalue weighted by Crippen LogP contribution is 2.31. The third-order valence-electron chi connectivity index (χ3n) is 5.53. The Hall–Kier alpha value is -3.16. The molecule has 1 amide bonds. The molecule has 0 unspecified atom stereocenters. The second-order valence-electron chi connectivity index (χ2n) is 7.33. The second kappa shape index (κ2) is 6.47. The highest BCUT2D eigenvalue weighted by Gasteiger charge is 2.30. The maximum atomic E-state index is 13.3. The SMILES string of the molecule is COc1nc2c(cc1C(=O)N1CCc3[nH]nc(-c4cc(C)on4)c3C1)CCC2. The first-order chi connectivity index (χ1) is 13.6. The summed E-state index contributed by atoms with van der Waals surface area (Å²) in [6, 6.07) is 3.81. The minimum absolute atomic E-state index is 0.0619. The number of aryl methyl sites for hydroxylation is 3. The third-order valence-corrected chi connectivity index (χ3v) is 5.53. The molecule has 0 spiro atoms. The van der Waals surface area contributed by atoms with Crippen molar-refractivity contribution in [2.24, 2.45) is 0 Å². The van der Waals surface area contributed by atoms with Crippen LogP contribution >= 0.6 is 0 Å². The minimum atomic E-state index is -0.0619. The van der Waals surface area contributed by atoms with Crippen LogP contribution in [0.3, 0.4) is 0 Å². The van der Waals surface area contributed by atoms with Crippen molar-refractivity contribution >= 4 is 5.91 Å². The van der Waals surface area contributed by atoms with Crippen LogP contribution in [0.4, 0.5) is 0 Å². The van der Waals surface area contributed by atoms with E-state index < -0.39 is 0 Å². The predicted molar refractivity (Wildman–Crippen MR) is 100 cm³/mol. The van der Waals surface area contributed by atoms with Gasteiger partial charge >= 0.3 is 0 Å². The van der Waals surface area contributed by atoms with Crippen LogP contribution in [0.2, 0.25) is 0 Å². The molecule has 0 atom stereocenters. The van der Waals surface area contributed by atoms with E-state index in [0.29, 0.717) is 36.6 Å². The number of hydrogen-bond donors (Lipinski definition) is 1. The average molecular weight is 379 g/mol. The first kappa shape index (κ1) is 17.0. The van der Waals surface area contributed by atoms with E-state index in [4.69, 9.17) is 9.26 Å². The number of H-pyrrole nitrogens is 1. The molecule has 5 rings (SSSR count). The molecule has 28 heavy (non-hydrogen) atoms. The van der Waals surface area contributed by atoms with Gasteiger partial charge in [-0.3, -0.25) is 9.89 Å². The minimum Gasteiger partial charge on any atom is -0.480 e. The van der Waals surface area contributed by atoms with Crippen LogP contribution in [-0.2, 0) is 25.8 Å². The van der Waals surface area contributed by atoms with Crippen molar-refractivity contribution in [3.05, 3.63) is 46.0 Å². The Labute approximate surface area is 161 Å². The molecule has 3 aromatic heterocycles. The number of aromatic amines is 1. The van der Waals surface area contributed by atoms with Crippen molar-refractivity contribution in [2.75, 3.05) is 13.7 Å². The van der Waals surface area contributed by atoms with Crippen molar-refractivity contribution in [2.45, 2.75) is 39.2 Å². The van der Waals surface area contributed by atoms with Crippen molar-refractivity contribution in [3.8, 4) is 17.3 Å². The Morgan fingerprint density at radius 3 is 2.96 bits per heavy atom. The summed E-state index contributed by atoms with van der Waals surface area (Å²) in [6.07, 6.45) is 3.70. The van der Waals surface area contributed by atoms with Crippen LogP contribution in [0.1, 0.15) is 45.1 Å². The summed E-state index contributed by atoms with van der Waals surface area (Å²) in [5, 5.41) is 11.6. The molecule has 1 aliphatic heterocycles. The van der Waals surface area contributed by atoms with E-state index in [0.717, 1.165) is 53.2 Å². The fourth-order valence-electron chi connectivity index (χ4n) is 4.09. The van der Waals surface area contributed by atoms with Crippen molar-refractivity contribution in [1.82, 2.24) is 25.2 Å². The molecule has 8 heteroatoms. The molecule has 0 saturated heterocycles. The lowest BCUT2D eigenvalue weighted by Gasteiger charge is -2.27. The van der Waals surface area contributed by atoms with Gasteiger partial charge in [0.2, 0.25) is 5.88 Å². The Kier molecular flexibility index (Phi) is 3.92. The maximum Gasteiger partial charge on any atom is 0.259 e. The van der Waals surface area contributed by atoms with Crippen LogP contribution in [0.15, 0.2) is 16.7 Å². The molecule has 0 fully saturated rings. The maximum absolute atomic E-state index is 13.3. The zero-order valence-electron chi connectivity index (χ0n) is 15.9. The number of hydrogen-bond acceptors (Lipinski definition) is 6. The van der Waals surface area contributed by atoms with E-state index in [1.807, 2.05) is 24.0 Å². The Balaban J connectivity index is 1.47.